The highest BCUT2D eigenvalue weighted by molar-refractivity contribution is 5.27. The minimum absolute atomic E-state index is 1.16. The molecule has 0 fully saturated rings. The highest BCUT2D eigenvalue weighted by atomic mass is 14.0. The standard InChI is InChI=1S/C10H14/c1-3-10-7-5-4-6-9(2)8-10/h4-7H,3,8H2,1-2H3. The van der Waals surface area contributed by atoms with Crippen LogP contribution in [0, 0.1) is 0 Å². The van der Waals surface area contributed by atoms with Crippen molar-refractivity contribution in [3.63, 3.8) is 0 Å². The Labute approximate surface area is 62.9 Å². The fourth-order valence-corrected chi connectivity index (χ4v) is 1.13. The minimum Gasteiger partial charge on any atom is -0.0693 e. The lowest BCUT2D eigenvalue weighted by atomic mass is 10.1. The van der Waals surface area contributed by atoms with Crippen molar-refractivity contribution in [1.29, 1.82) is 0 Å². The van der Waals surface area contributed by atoms with E-state index in [4.69, 9.17) is 0 Å². The molecule has 0 aliphatic heterocycles. The van der Waals surface area contributed by atoms with Crippen LogP contribution in [-0.4, -0.2) is 0 Å². The van der Waals surface area contributed by atoms with Crippen molar-refractivity contribution >= 4 is 0 Å². The van der Waals surface area contributed by atoms with E-state index in [9.17, 15) is 0 Å². The second-order valence-electron chi connectivity index (χ2n) is 2.75. The molecule has 0 aromatic carbocycles. The summed E-state index contributed by atoms with van der Waals surface area (Å²) in [5, 5.41) is 0. The van der Waals surface area contributed by atoms with Gasteiger partial charge in [0.05, 0.1) is 0 Å². The van der Waals surface area contributed by atoms with Crippen molar-refractivity contribution in [2.45, 2.75) is 26.7 Å². The maximum Gasteiger partial charge on any atom is -0.0105 e. The van der Waals surface area contributed by atoms with Crippen LogP contribution in [0.2, 0.25) is 0 Å². The lowest BCUT2D eigenvalue weighted by molar-refractivity contribution is 0.994. The zero-order chi connectivity index (χ0) is 7.40. The topological polar surface area (TPSA) is 0 Å². The van der Waals surface area contributed by atoms with Gasteiger partial charge >= 0.3 is 0 Å². The zero-order valence-corrected chi connectivity index (χ0v) is 6.72. The van der Waals surface area contributed by atoms with Crippen LogP contribution < -0.4 is 0 Å². The molecule has 0 aromatic rings. The van der Waals surface area contributed by atoms with E-state index in [0.717, 1.165) is 6.42 Å². The lowest BCUT2D eigenvalue weighted by Gasteiger charge is -2.00. The number of hydrogen-bond acceptors (Lipinski definition) is 0. The van der Waals surface area contributed by atoms with Crippen LogP contribution in [0.5, 0.6) is 0 Å². The normalized spacial score (nSPS) is 17.8. The molecule has 0 N–H and O–H groups in total. The Balaban J connectivity index is 2.72. The van der Waals surface area contributed by atoms with E-state index >= 15 is 0 Å². The third kappa shape index (κ3) is 1.87. The molecule has 1 aliphatic carbocycles. The molecule has 0 atom stereocenters. The van der Waals surface area contributed by atoms with Crippen LogP contribution in [0.25, 0.3) is 0 Å². The van der Waals surface area contributed by atoms with E-state index in [-0.39, 0.29) is 0 Å². The Morgan fingerprint density at radius 2 is 2.00 bits per heavy atom. The molecular weight excluding hydrogens is 120 g/mol. The Bertz CT molecular complexity index is 192. The van der Waals surface area contributed by atoms with E-state index in [2.05, 4.69) is 38.2 Å². The van der Waals surface area contributed by atoms with Crippen molar-refractivity contribution in [2.24, 2.45) is 0 Å². The molecule has 0 radical (unpaired) electrons. The molecule has 0 saturated carbocycles. The number of allylic oxidation sites excluding steroid dienone is 6. The second kappa shape index (κ2) is 3.40. The molecule has 54 valence electrons. The van der Waals surface area contributed by atoms with Crippen molar-refractivity contribution in [3.05, 3.63) is 35.5 Å². The summed E-state index contributed by atoms with van der Waals surface area (Å²) in [7, 11) is 0. The average molecular weight is 134 g/mol. The fraction of sp³-hybridized carbons (Fsp3) is 0.400. The van der Waals surface area contributed by atoms with Crippen LogP contribution in [0.4, 0.5) is 0 Å². The van der Waals surface area contributed by atoms with Gasteiger partial charge < -0.3 is 0 Å². The summed E-state index contributed by atoms with van der Waals surface area (Å²) in [4.78, 5) is 0. The maximum absolute atomic E-state index is 2.22. The van der Waals surface area contributed by atoms with E-state index < -0.39 is 0 Å². The highest BCUT2D eigenvalue weighted by Gasteiger charge is 1.95. The molecule has 0 heterocycles. The number of hydrogen-bond donors (Lipinski definition) is 0. The summed E-state index contributed by atoms with van der Waals surface area (Å²) in [5.74, 6) is 0. The number of rotatable bonds is 1. The zero-order valence-electron chi connectivity index (χ0n) is 6.72. The van der Waals surface area contributed by atoms with E-state index in [1.165, 1.54) is 17.6 Å². The average Bonchev–Trinajstić information content (AvgIpc) is 2.13. The van der Waals surface area contributed by atoms with Crippen LogP contribution in [0.1, 0.15) is 26.7 Å². The van der Waals surface area contributed by atoms with Gasteiger partial charge in [-0.05, 0) is 19.8 Å². The van der Waals surface area contributed by atoms with Gasteiger partial charge in [0.2, 0.25) is 0 Å². The van der Waals surface area contributed by atoms with Crippen molar-refractivity contribution < 1.29 is 0 Å². The van der Waals surface area contributed by atoms with Crippen LogP contribution in [-0.2, 0) is 0 Å². The van der Waals surface area contributed by atoms with Gasteiger partial charge in [-0.2, -0.15) is 0 Å². The van der Waals surface area contributed by atoms with Gasteiger partial charge in [0, 0.05) is 0 Å². The summed E-state index contributed by atoms with van der Waals surface area (Å²) in [6.45, 7) is 4.39. The first-order chi connectivity index (χ1) is 4.83. The van der Waals surface area contributed by atoms with Gasteiger partial charge in [-0.25, -0.2) is 0 Å². The Morgan fingerprint density at radius 3 is 2.70 bits per heavy atom. The Kier molecular flexibility index (Phi) is 2.49. The summed E-state index contributed by atoms with van der Waals surface area (Å²) >= 11 is 0. The molecule has 1 rings (SSSR count). The molecule has 10 heavy (non-hydrogen) atoms. The molecule has 0 saturated heterocycles. The van der Waals surface area contributed by atoms with E-state index in [1.807, 2.05) is 0 Å². The van der Waals surface area contributed by atoms with Crippen LogP contribution in [0.15, 0.2) is 35.5 Å². The van der Waals surface area contributed by atoms with Gasteiger partial charge in [-0.1, -0.05) is 42.4 Å². The molecule has 0 spiro atoms. The first kappa shape index (κ1) is 7.33. The lowest BCUT2D eigenvalue weighted by Crippen LogP contribution is -1.80. The minimum atomic E-state index is 1.16. The molecular formula is C10H14. The van der Waals surface area contributed by atoms with E-state index in [1.54, 1.807) is 0 Å². The molecule has 0 bridgehead atoms. The Hall–Kier alpha value is -0.780. The molecule has 0 amide bonds. The largest absolute Gasteiger partial charge is 0.0693 e. The van der Waals surface area contributed by atoms with Gasteiger partial charge in [-0.15, -0.1) is 0 Å². The molecule has 0 unspecified atom stereocenters. The first-order valence-corrected chi connectivity index (χ1v) is 3.85. The Morgan fingerprint density at radius 1 is 1.30 bits per heavy atom. The SMILES string of the molecule is CCC1=CC=CC=C(C)C1. The first-order valence-electron chi connectivity index (χ1n) is 3.85. The predicted octanol–water partition coefficient (Wildman–Crippen LogP) is 3.23. The third-order valence-corrected chi connectivity index (χ3v) is 1.78. The highest BCUT2D eigenvalue weighted by Crippen LogP contribution is 2.16. The van der Waals surface area contributed by atoms with Gasteiger partial charge in [0.15, 0.2) is 0 Å². The summed E-state index contributed by atoms with van der Waals surface area (Å²) in [5.41, 5.74) is 2.99. The maximum atomic E-state index is 2.22. The molecule has 0 nitrogen and oxygen atoms in total. The third-order valence-electron chi connectivity index (χ3n) is 1.78. The molecule has 0 aromatic heterocycles. The quantitative estimate of drug-likeness (QED) is 0.516. The van der Waals surface area contributed by atoms with Gasteiger partial charge in [-0.3, -0.25) is 0 Å². The summed E-state index contributed by atoms with van der Waals surface area (Å²) in [6, 6.07) is 0. The van der Waals surface area contributed by atoms with Crippen molar-refractivity contribution in [2.75, 3.05) is 0 Å². The van der Waals surface area contributed by atoms with Gasteiger partial charge in [0.25, 0.3) is 0 Å². The summed E-state index contributed by atoms with van der Waals surface area (Å²) in [6.07, 6.45) is 11.0. The fourth-order valence-electron chi connectivity index (χ4n) is 1.13. The van der Waals surface area contributed by atoms with Crippen LogP contribution >= 0.6 is 0 Å². The second-order valence-corrected chi connectivity index (χ2v) is 2.75. The predicted molar refractivity (Wildman–Crippen MR) is 45.9 cm³/mol. The molecule has 0 heteroatoms. The monoisotopic (exact) mass is 134 g/mol. The van der Waals surface area contributed by atoms with Crippen LogP contribution in [0.3, 0.4) is 0 Å². The van der Waals surface area contributed by atoms with E-state index in [0.29, 0.717) is 0 Å². The summed E-state index contributed by atoms with van der Waals surface area (Å²) < 4.78 is 0. The van der Waals surface area contributed by atoms with Crippen molar-refractivity contribution in [1.82, 2.24) is 0 Å². The van der Waals surface area contributed by atoms with Crippen molar-refractivity contribution in [3.8, 4) is 0 Å². The molecule has 1 aliphatic rings. The van der Waals surface area contributed by atoms with Gasteiger partial charge in [0.1, 0.15) is 0 Å². The smallest absolute Gasteiger partial charge is 0.0105 e.